The molecule has 6 heteroatoms. The molecule has 0 saturated heterocycles. The number of nitrogens with one attached hydrogen (secondary N) is 2. The summed E-state index contributed by atoms with van der Waals surface area (Å²) in [5.41, 5.74) is 1.77. The third-order valence-corrected chi connectivity index (χ3v) is 3.27. The van der Waals surface area contributed by atoms with Gasteiger partial charge >= 0.3 is 0 Å². The second kappa shape index (κ2) is 8.44. The summed E-state index contributed by atoms with van der Waals surface area (Å²) >= 11 is 0. The average Bonchev–Trinajstić information content (AvgIpc) is 2.56. The number of amides is 2. The van der Waals surface area contributed by atoms with Gasteiger partial charge in [-0.05, 0) is 36.2 Å². The molecule has 2 aromatic rings. The summed E-state index contributed by atoms with van der Waals surface area (Å²) in [5, 5.41) is 13.8. The van der Waals surface area contributed by atoms with Gasteiger partial charge < -0.3 is 10.6 Å². The number of carbonyl (C=O) groups is 2. The Morgan fingerprint density at radius 2 is 1.54 bits per heavy atom. The Balaban J connectivity index is 1.95. The Bertz CT molecular complexity index is 767. The fourth-order valence-electron chi connectivity index (χ4n) is 2.09. The fourth-order valence-corrected chi connectivity index (χ4v) is 2.09. The molecule has 0 saturated carbocycles. The smallest absolute Gasteiger partial charge is 0.238 e. The molecule has 0 atom stereocenters. The maximum absolute atomic E-state index is 12.8. The van der Waals surface area contributed by atoms with Crippen LogP contribution in [0.15, 0.2) is 48.5 Å². The van der Waals surface area contributed by atoms with Crippen molar-refractivity contribution in [2.45, 2.75) is 19.3 Å². The number of nitrogens with zero attached hydrogens (tertiary/aromatic N) is 1. The predicted molar refractivity (Wildman–Crippen MR) is 88.7 cm³/mol. The first-order valence-corrected chi connectivity index (χ1v) is 7.38. The van der Waals surface area contributed by atoms with Crippen LogP contribution < -0.4 is 10.6 Å². The number of benzene rings is 2. The third-order valence-electron chi connectivity index (χ3n) is 3.27. The van der Waals surface area contributed by atoms with E-state index in [-0.39, 0.29) is 24.6 Å². The first-order valence-electron chi connectivity index (χ1n) is 7.38. The van der Waals surface area contributed by atoms with Gasteiger partial charge in [-0.15, -0.1) is 0 Å². The Morgan fingerprint density at radius 3 is 2.12 bits per heavy atom. The zero-order valence-electron chi connectivity index (χ0n) is 12.9. The minimum Gasteiger partial charge on any atom is -0.324 e. The number of rotatable bonds is 6. The van der Waals surface area contributed by atoms with Gasteiger partial charge in [0, 0.05) is 6.42 Å². The molecule has 0 aliphatic carbocycles. The molecule has 0 aliphatic rings. The largest absolute Gasteiger partial charge is 0.324 e. The standard InChI is InChI=1S/C18H16FN3O2/c19-14-8-5-13(6-9-14)7-10-17(23)21-15-3-1-2-4-16(15)22-18(24)11-12-20/h1-6,8-9H,7,10-11H2,(H,21,23)(H,22,24). The van der Waals surface area contributed by atoms with E-state index in [1.807, 2.05) is 0 Å². The maximum Gasteiger partial charge on any atom is 0.238 e. The van der Waals surface area contributed by atoms with Crippen LogP contribution in [0.2, 0.25) is 0 Å². The van der Waals surface area contributed by atoms with E-state index in [2.05, 4.69) is 10.6 Å². The Kier molecular flexibility index (Phi) is 6.03. The summed E-state index contributed by atoms with van der Waals surface area (Å²) in [6, 6.07) is 14.5. The SMILES string of the molecule is N#CCC(=O)Nc1ccccc1NC(=O)CCc1ccc(F)cc1. The minimum atomic E-state index is -0.439. The molecule has 2 amide bonds. The summed E-state index contributed by atoms with van der Waals surface area (Å²) in [5.74, 6) is -0.975. The minimum absolute atomic E-state index is 0.221. The van der Waals surface area contributed by atoms with Crippen molar-refractivity contribution in [1.29, 1.82) is 5.26 Å². The normalized spacial score (nSPS) is 9.83. The highest BCUT2D eigenvalue weighted by molar-refractivity contribution is 6.00. The van der Waals surface area contributed by atoms with Crippen LogP contribution in [0.5, 0.6) is 0 Å². The molecular weight excluding hydrogens is 309 g/mol. The molecule has 2 aromatic carbocycles. The van der Waals surface area contributed by atoms with Crippen LogP contribution in [0.3, 0.4) is 0 Å². The van der Waals surface area contributed by atoms with E-state index in [4.69, 9.17) is 5.26 Å². The molecule has 2 rings (SSSR count). The molecule has 122 valence electrons. The highest BCUT2D eigenvalue weighted by Crippen LogP contribution is 2.21. The lowest BCUT2D eigenvalue weighted by Gasteiger charge is -2.11. The van der Waals surface area contributed by atoms with E-state index in [1.54, 1.807) is 42.5 Å². The summed E-state index contributed by atoms with van der Waals surface area (Å²) in [6.07, 6.45) is 0.452. The van der Waals surface area contributed by atoms with Gasteiger partial charge in [0.15, 0.2) is 0 Å². The van der Waals surface area contributed by atoms with Crippen molar-refractivity contribution < 1.29 is 14.0 Å². The van der Waals surface area contributed by atoms with Gasteiger partial charge in [0.1, 0.15) is 12.2 Å². The summed E-state index contributed by atoms with van der Waals surface area (Å²) in [4.78, 5) is 23.6. The number of carbonyl (C=O) groups excluding carboxylic acids is 2. The summed E-state index contributed by atoms with van der Waals surface area (Å²) in [7, 11) is 0. The lowest BCUT2D eigenvalue weighted by molar-refractivity contribution is -0.116. The second-order valence-electron chi connectivity index (χ2n) is 5.10. The number of para-hydroxylation sites is 2. The van der Waals surface area contributed by atoms with Gasteiger partial charge in [0.05, 0.1) is 17.4 Å². The van der Waals surface area contributed by atoms with Crippen LogP contribution in [0.25, 0.3) is 0 Å². The van der Waals surface area contributed by atoms with E-state index in [0.29, 0.717) is 17.8 Å². The van der Waals surface area contributed by atoms with E-state index in [0.717, 1.165) is 5.56 Å². The number of hydrogen-bond donors (Lipinski definition) is 2. The van der Waals surface area contributed by atoms with Crippen molar-refractivity contribution in [2.24, 2.45) is 0 Å². The Labute approximate surface area is 139 Å². The number of hydrogen-bond acceptors (Lipinski definition) is 3. The van der Waals surface area contributed by atoms with Crippen LogP contribution in [-0.4, -0.2) is 11.8 Å². The fraction of sp³-hybridized carbons (Fsp3) is 0.167. The van der Waals surface area contributed by atoms with Crippen molar-refractivity contribution >= 4 is 23.2 Å². The molecule has 0 radical (unpaired) electrons. The topological polar surface area (TPSA) is 82.0 Å². The summed E-state index contributed by atoms with van der Waals surface area (Å²) < 4.78 is 12.8. The molecular formula is C18H16FN3O2. The molecule has 2 N–H and O–H groups in total. The summed E-state index contributed by atoms with van der Waals surface area (Å²) in [6.45, 7) is 0. The van der Waals surface area contributed by atoms with Crippen LogP contribution in [0, 0.1) is 17.1 Å². The molecule has 0 fully saturated rings. The molecule has 0 heterocycles. The van der Waals surface area contributed by atoms with Gasteiger partial charge in [-0.1, -0.05) is 24.3 Å². The first kappa shape index (κ1) is 17.2. The molecule has 0 aromatic heterocycles. The van der Waals surface area contributed by atoms with E-state index in [9.17, 15) is 14.0 Å². The van der Waals surface area contributed by atoms with E-state index < -0.39 is 5.91 Å². The highest BCUT2D eigenvalue weighted by Gasteiger charge is 2.09. The monoisotopic (exact) mass is 325 g/mol. The number of halogens is 1. The third kappa shape index (κ3) is 5.21. The molecule has 0 bridgehead atoms. The Hall–Kier alpha value is -3.20. The van der Waals surface area contributed by atoms with Gasteiger partial charge in [-0.2, -0.15) is 5.26 Å². The molecule has 5 nitrogen and oxygen atoms in total. The average molecular weight is 325 g/mol. The number of nitriles is 1. The first-order chi connectivity index (χ1) is 11.6. The van der Waals surface area contributed by atoms with Crippen LogP contribution in [0.4, 0.5) is 15.8 Å². The van der Waals surface area contributed by atoms with Gasteiger partial charge in [0.25, 0.3) is 0 Å². The quantitative estimate of drug-likeness (QED) is 0.855. The predicted octanol–water partition coefficient (Wildman–Crippen LogP) is 3.25. The van der Waals surface area contributed by atoms with Crippen molar-refractivity contribution in [3.8, 4) is 6.07 Å². The number of aryl methyl sites for hydroxylation is 1. The van der Waals surface area contributed by atoms with Crippen LogP contribution in [-0.2, 0) is 16.0 Å². The highest BCUT2D eigenvalue weighted by atomic mass is 19.1. The van der Waals surface area contributed by atoms with E-state index in [1.165, 1.54) is 12.1 Å². The van der Waals surface area contributed by atoms with Gasteiger partial charge in [-0.25, -0.2) is 4.39 Å². The maximum atomic E-state index is 12.8. The molecule has 24 heavy (non-hydrogen) atoms. The van der Waals surface area contributed by atoms with Crippen LogP contribution in [0.1, 0.15) is 18.4 Å². The molecule has 0 aliphatic heterocycles. The molecule has 0 spiro atoms. The lowest BCUT2D eigenvalue weighted by atomic mass is 10.1. The van der Waals surface area contributed by atoms with Crippen molar-refractivity contribution in [1.82, 2.24) is 0 Å². The number of anilines is 2. The van der Waals surface area contributed by atoms with E-state index >= 15 is 0 Å². The Morgan fingerprint density at radius 1 is 0.958 bits per heavy atom. The zero-order valence-corrected chi connectivity index (χ0v) is 12.9. The van der Waals surface area contributed by atoms with Crippen molar-refractivity contribution in [2.75, 3.05) is 10.6 Å². The van der Waals surface area contributed by atoms with Crippen LogP contribution >= 0.6 is 0 Å². The zero-order chi connectivity index (χ0) is 17.4. The lowest BCUT2D eigenvalue weighted by Crippen LogP contribution is -2.16. The van der Waals surface area contributed by atoms with Crippen molar-refractivity contribution in [3.05, 3.63) is 59.9 Å². The van der Waals surface area contributed by atoms with Crippen molar-refractivity contribution in [3.63, 3.8) is 0 Å². The molecule has 0 unspecified atom stereocenters. The van der Waals surface area contributed by atoms with Gasteiger partial charge in [0.2, 0.25) is 11.8 Å². The van der Waals surface area contributed by atoms with Gasteiger partial charge in [-0.3, -0.25) is 9.59 Å². The second-order valence-corrected chi connectivity index (χ2v) is 5.10.